The van der Waals surface area contributed by atoms with Crippen LogP contribution in [0.25, 0.3) is 0 Å². The zero-order valence-electron chi connectivity index (χ0n) is 14.0. The number of likely N-dealkylation sites (tertiary alicyclic amines) is 1. The van der Waals surface area contributed by atoms with Gasteiger partial charge in [-0.25, -0.2) is 0 Å². The average Bonchev–Trinajstić information content (AvgIpc) is 2.83. The Morgan fingerprint density at radius 2 is 2.05 bits per heavy atom. The largest absolute Gasteiger partial charge is 0.393 e. The Hall–Kier alpha value is -0.900. The zero-order valence-corrected chi connectivity index (χ0v) is 14.0. The Morgan fingerprint density at radius 1 is 1.27 bits per heavy atom. The molecule has 22 heavy (non-hydrogen) atoms. The van der Waals surface area contributed by atoms with E-state index >= 15 is 0 Å². The molecule has 1 saturated heterocycles. The standard InChI is InChI=1S/C19H30N2O/c1-14-5-3-6-17-18(13-15(2)19(14)17)20-9-4-10-21-11-7-16(22)8-12-21/h3,5-6,15-16,18,20,22H,4,7-13H2,1-2H3. The molecule has 0 bridgehead atoms. The van der Waals surface area contributed by atoms with Crippen LogP contribution in [-0.4, -0.2) is 42.3 Å². The Labute approximate surface area is 134 Å². The molecule has 2 N–H and O–H groups in total. The molecule has 1 aromatic rings. The minimum absolute atomic E-state index is 0.0610. The van der Waals surface area contributed by atoms with Crippen molar-refractivity contribution in [2.24, 2.45) is 0 Å². The first-order chi connectivity index (χ1) is 10.6. The topological polar surface area (TPSA) is 35.5 Å². The highest BCUT2D eigenvalue weighted by Crippen LogP contribution is 2.41. The summed E-state index contributed by atoms with van der Waals surface area (Å²) in [6, 6.07) is 7.27. The smallest absolute Gasteiger partial charge is 0.0564 e. The number of fused-ring (bicyclic) bond motifs is 1. The number of nitrogens with one attached hydrogen (secondary N) is 1. The van der Waals surface area contributed by atoms with Crippen LogP contribution in [0.3, 0.4) is 0 Å². The number of aryl methyl sites for hydroxylation is 1. The summed E-state index contributed by atoms with van der Waals surface area (Å²) < 4.78 is 0. The maximum Gasteiger partial charge on any atom is 0.0564 e. The van der Waals surface area contributed by atoms with Gasteiger partial charge in [0, 0.05) is 19.1 Å². The molecule has 2 atom stereocenters. The first-order valence-corrected chi connectivity index (χ1v) is 8.88. The van der Waals surface area contributed by atoms with Gasteiger partial charge in [-0.2, -0.15) is 0 Å². The molecule has 1 fully saturated rings. The maximum atomic E-state index is 9.54. The minimum atomic E-state index is -0.0610. The van der Waals surface area contributed by atoms with Crippen LogP contribution in [0.2, 0.25) is 0 Å². The number of hydrogen-bond acceptors (Lipinski definition) is 3. The van der Waals surface area contributed by atoms with Crippen molar-refractivity contribution in [3.05, 3.63) is 34.9 Å². The van der Waals surface area contributed by atoms with Crippen molar-refractivity contribution in [2.75, 3.05) is 26.2 Å². The molecule has 0 aromatic heterocycles. The van der Waals surface area contributed by atoms with E-state index in [1.165, 1.54) is 24.0 Å². The fourth-order valence-corrected chi connectivity index (χ4v) is 4.19. The van der Waals surface area contributed by atoms with Gasteiger partial charge in [-0.1, -0.05) is 25.1 Å². The highest BCUT2D eigenvalue weighted by atomic mass is 16.3. The molecule has 0 spiro atoms. The summed E-state index contributed by atoms with van der Waals surface area (Å²) in [5.41, 5.74) is 4.54. The van der Waals surface area contributed by atoms with Gasteiger partial charge in [0.2, 0.25) is 0 Å². The lowest BCUT2D eigenvalue weighted by atomic mass is 9.98. The summed E-state index contributed by atoms with van der Waals surface area (Å²) in [7, 11) is 0. The normalized spacial score (nSPS) is 26.3. The molecule has 1 heterocycles. The molecular formula is C19H30N2O. The van der Waals surface area contributed by atoms with Crippen molar-refractivity contribution in [1.29, 1.82) is 0 Å². The monoisotopic (exact) mass is 302 g/mol. The third kappa shape index (κ3) is 3.53. The molecule has 1 aliphatic carbocycles. The second-order valence-corrected chi connectivity index (χ2v) is 7.15. The van der Waals surface area contributed by atoms with Crippen LogP contribution in [0.15, 0.2) is 18.2 Å². The third-order valence-corrected chi connectivity index (χ3v) is 5.41. The quantitative estimate of drug-likeness (QED) is 0.821. The van der Waals surface area contributed by atoms with Crippen molar-refractivity contribution >= 4 is 0 Å². The molecule has 3 rings (SSSR count). The summed E-state index contributed by atoms with van der Waals surface area (Å²) in [6.45, 7) is 8.95. The molecule has 0 amide bonds. The lowest BCUT2D eigenvalue weighted by Gasteiger charge is -2.29. The second-order valence-electron chi connectivity index (χ2n) is 7.15. The SMILES string of the molecule is Cc1cccc2c1C(C)CC2NCCCN1CCC(O)CC1. The number of benzene rings is 1. The lowest BCUT2D eigenvalue weighted by Crippen LogP contribution is -2.37. The van der Waals surface area contributed by atoms with E-state index in [1.807, 2.05) is 0 Å². The van der Waals surface area contributed by atoms with Gasteiger partial charge >= 0.3 is 0 Å². The van der Waals surface area contributed by atoms with Gasteiger partial charge in [-0.05, 0) is 68.3 Å². The predicted octanol–water partition coefficient (Wildman–Crippen LogP) is 2.98. The van der Waals surface area contributed by atoms with Crippen molar-refractivity contribution in [3.63, 3.8) is 0 Å². The number of nitrogens with zero attached hydrogens (tertiary/aromatic N) is 1. The molecule has 122 valence electrons. The molecule has 0 saturated carbocycles. The van der Waals surface area contributed by atoms with Crippen LogP contribution < -0.4 is 5.32 Å². The van der Waals surface area contributed by atoms with E-state index in [2.05, 4.69) is 42.3 Å². The summed E-state index contributed by atoms with van der Waals surface area (Å²) in [4.78, 5) is 2.49. The number of rotatable bonds is 5. The van der Waals surface area contributed by atoms with E-state index in [1.54, 1.807) is 5.56 Å². The van der Waals surface area contributed by atoms with Crippen molar-refractivity contribution < 1.29 is 5.11 Å². The Bertz CT molecular complexity index is 494. The summed E-state index contributed by atoms with van der Waals surface area (Å²) in [5.74, 6) is 0.678. The molecule has 3 heteroatoms. The first-order valence-electron chi connectivity index (χ1n) is 8.88. The summed E-state index contributed by atoms with van der Waals surface area (Å²) >= 11 is 0. The third-order valence-electron chi connectivity index (χ3n) is 5.41. The molecule has 3 nitrogen and oxygen atoms in total. The summed E-state index contributed by atoms with van der Waals surface area (Å²) in [5, 5.41) is 13.3. The molecular weight excluding hydrogens is 272 g/mol. The van der Waals surface area contributed by atoms with E-state index in [4.69, 9.17) is 0 Å². The molecule has 0 radical (unpaired) electrons. The number of piperidine rings is 1. The van der Waals surface area contributed by atoms with Gasteiger partial charge in [-0.3, -0.25) is 0 Å². The van der Waals surface area contributed by atoms with Gasteiger partial charge in [0.1, 0.15) is 0 Å². The minimum Gasteiger partial charge on any atom is -0.393 e. The highest BCUT2D eigenvalue weighted by molar-refractivity contribution is 5.43. The van der Waals surface area contributed by atoms with Crippen LogP contribution in [-0.2, 0) is 0 Å². The number of hydrogen-bond donors (Lipinski definition) is 2. The molecule has 1 aliphatic heterocycles. The first kappa shape index (κ1) is 16.0. The van der Waals surface area contributed by atoms with Gasteiger partial charge in [0.25, 0.3) is 0 Å². The fraction of sp³-hybridized carbons (Fsp3) is 0.684. The average molecular weight is 302 g/mol. The Morgan fingerprint density at radius 3 is 2.82 bits per heavy atom. The molecule has 1 aromatic carbocycles. The summed E-state index contributed by atoms with van der Waals surface area (Å²) in [6.07, 6.45) is 4.26. The Kier molecular flexibility index (Phi) is 5.17. The predicted molar refractivity (Wildman–Crippen MR) is 91.3 cm³/mol. The second kappa shape index (κ2) is 7.12. The van der Waals surface area contributed by atoms with E-state index in [0.29, 0.717) is 12.0 Å². The lowest BCUT2D eigenvalue weighted by molar-refractivity contribution is 0.0820. The van der Waals surface area contributed by atoms with Crippen molar-refractivity contribution in [3.8, 4) is 0 Å². The molecule has 2 aliphatic rings. The van der Waals surface area contributed by atoms with Gasteiger partial charge in [0.05, 0.1) is 6.10 Å². The van der Waals surface area contributed by atoms with E-state index in [9.17, 15) is 5.11 Å². The van der Waals surface area contributed by atoms with Crippen molar-refractivity contribution in [1.82, 2.24) is 10.2 Å². The van der Waals surface area contributed by atoms with Gasteiger partial charge in [0.15, 0.2) is 0 Å². The zero-order chi connectivity index (χ0) is 15.5. The van der Waals surface area contributed by atoms with Crippen molar-refractivity contribution in [2.45, 2.75) is 57.6 Å². The van der Waals surface area contributed by atoms with Crippen LogP contribution in [0.4, 0.5) is 0 Å². The highest BCUT2D eigenvalue weighted by Gasteiger charge is 2.28. The van der Waals surface area contributed by atoms with Gasteiger partial charge in [-0.15, -0.1) is 0 Å². The van der Waals surface area contributed by atoms with Crippen LogP contribution >= 0.6 is 0 Å². The van der Waals surface area contributed by atoms with Crippen LogP contribution in [0.1, 0.15) is 61.3 Å². The van der Waals surface area contributed by atoms with Gasteiger partial charge < -0.3 is 15.3 Å². The van der Waals surface area contributed by atoms with E-state index in [0.717, 1.165) is 39.0 Å². The van der Waals surface area contributed by atoms with Crippen LogP contribution in [0, 0.1) is 6.92 Å². The fourth-order valence-electron chi connectivity index (χ4n) is 4.19. The molecule has 2 unspecified atom stereocenters. The van der Waals surface area contributed by atoms with Crippen LogP contribution in [0.5, 0.6) is 0 Å². The number of aliphatic hydroxyl groups excluding tert-OH is 1. The number of aliphatic hydroxyl groups is 1. The van der Waals surface area contributed by atoms with E-state index in [-0.39, 0.29) is 6.10 Å². The van der Waals surface area contributed by atoms with E-state index < -0.39 is 0 Å². The maximum absolute atomic E-state index is 9.54. The Balaban J connectivity index is 1.45.